The molecule has 1 atom stereocenters. The summed E-state index contributed by atoms with van der Waals surface area (Å²) in [4.78, 5) is 14.4. The zero-order valence-electron chi connectivity index (χ0n) is 11.1. The number of aromatic carboxylic acids is 1. The number of nitrogens with zero attached hydrogens (tertiary/aromatic N) is 2. The maximum absolute atomic E-state index is 12.4. The number of aromatic nitrogens is 1. The first-order valence-corrected chi connectivity index (χ1v) is 9.31. The lowest BCUT2D eigenvalue weighted by Gasteiger charge is -2.31. The minimum absolute atomic E-state index is 0.122. The molecular formula is C11H14N2O6S2. The lowest BCUT2D eigenvalue weighted by atomic mass is 10.3. The third-order valence-electron chi connectivity index (χ3n) is 3.17. The standard InChI is InChI=1S/C11H14N2O6S2/c1-8-7-20(16,17)5-4-13(8)21(18,19)10-3-2-9(6-12-10)11(14)15/h2-3,6,8H,4-5,7H2,1H3,(H,14,15). The van der Waals surface area contributed by atoms with Crippen molar-refractivity contribution < 1.29 is 26.7 Å². The van der Waals surface area contributed by atoms with E-state index in [4.69, 9.17) is 5.11 Å². The Bertz CT molecular complexity index is 754. The molecule has 1 aromatic heterocycles. The van der Waals surface area contributed by atoms with Crippen molar-refractivity contribution in [2.45, 2.75) is 18.0 Å². The van der Waals surface area contributed by atoms with E-state index in [1.165, 1.54) is 6.92 Å². The number of sulfonamides is 1. The number of rotatable bonds is 3. The molecule has 0 saturated carbocycles. The molecule has 0 spiro atoms. The van der Waals surface area contributed by atoms with Crippen LogP contribution in [0.15, 0.2) is 23.4 Å². The van der Waals surface area contributed by atoms with Crippen LogP contribution in [0.25, 0.3) is 0 Å². The van der Waals surface area contributed by atoms with Gasteiger partial charge in [-0.3, -0.25) is 0 Å². The van der Waals surface area contributed by atoms with Gasteiger partial charge in [-0.15, -0.1) is 0 Å². The van der Waals surface area contributed by atoms with Gasteiger partial charge in [-0.1, -0.05) is 0 Å². The molecule has 2 rings (SSSR count). The van der Waals surface area contributed by atoms with Gasteiger partial charge in [0.25, 0.3) is 10.0 Å². The second-order valence-corrected chi connectivity index (χ2v) is 8.84. The third kappa shape index (κ3) is 3.22. The van der Waals surface area contributed by atoms with Crippen LogP contribution in [0.4, 0.5) is 0 Å². The van der Waals surface area contributed by atoms with E-state index in [0.717, 1.165) is 22.6 Å². The van der Waals surface area contributed by atoms with Crippen molar-refractivity contribution in [1.29, 1.82) is 0 Å². The second kappa shape index (κ2) is 5.35. The van der Waals surface area contributed by atoms with Crippen molar-refractivity contribution in [3.05, 3.63) is 23.9 Å². The third-order valence-corrected chi connectivity index (χ3v) is 6.89. The van der Waals surface area contributed by atoms with Gasteiger partial charge in [-0.05, 0) is 19.1 Å². The second-order valence-electron chi connectivity index (χ2n) is 4.77. The predicted molar refractivity (Wildman–Crippen MR) is 73.2 cm³/mol. The van der Waals surface area contributed by atoms with Crippen LogP contribution in [0.1, 0.15) is 17.3 Å². The van der Waals surface area contributed by atoms with Crippen LogP contribution in [-0.2, 0) is 19.9 Å². The Morgan fingerprint density at radius 2 is 2.10 bits per heavy atom. The van der Waals surface area contributed by atoms with Crippen LogP contribution in [0.2, 0.25) is 0 Å². The van der Waals surface area contributed by atoms with Crippen LogP contribution < -0.4 is 0 Å². The van der Waals surface area contributed by atoms with E-state index in [-0.39, 0.29) is 28.6 Å². The largest absolute Gasteiger partial charge is 0.478 e. The Balaban J connectivity index is 2.32. The van der Waals surface area contributed by atoms with Crippen LogP contribution in [0, 0.1) is 0 Å². The summed E-state index contributed by atoms with van der Waals surface area (Å²) in [5, 5.41) is 8.47. The highest BCUT2D eigenvalue weighted by atomic mass is 32.2. The molecule has 0 amide bonds. The maximum atomic E-state index is 12.4. The lowest BCUT2D eigenvalue weighted by molar-refractivity contribution is 0.0696. The summed E-state index contributed by atoms with van der Waals surface area (Å²) in [5.74, 6) is -1.67. The molecule has 0 aliphatic carbocycles. The zero-order chi connectivity index (χ0) is 15.8. The predicted octanol–water partition coefficient (Wildman–Crippen LogP) is -0.413. The first-order chi connectivity index (χ1) is 9.63. The Hall–Kier alpha value is -1.52. The average Bonchev–Trinajstić information content (AvgIpc) is 2.37. The van der Waals surface area contributed by atoms with Gasteiger partial charge in [0, 0.05) is 18.8 Å². The van der Waals surface area contributed by atoms with Gasteiger partial charge in [0.1, 0.15) is 0 Å². The monoisotopic (exact) mass is 334 g/mol. The van der Waals surface area contributed by atoms with E-state index in [2.05, 4.69) is 4.98 Å². The molecule has 1 aliphatic rings. The van der Waals surface area contributed by atoms with Gasteiger partial charge in [0.2, 0.25) is 0 Å². The van der Waals surface area contributed by atoms with E-state index < -0.39 is 31.9 Å². The summed E-state index contributed by atoms with van der Waals surface area (Å²) in [6, 6.07) is 1.57. The van der Waals surface area contributed by atoms with E-state index in [1.807, 2.05) is 0 Å². The number of hydrogen-bond donors (Lipinski definition) is 1. The van der Waals surface area contributed by atoms with Gasteiger partial charge < -0.3 is 5.11 Å². The van der Waals surface area contributed by atoms with Crippen LogP contribution in [0.3, 0.4) is 0 Å². The highest BCUT2D eigenvalue weighted by Crippen LogP contribution is 2.21. The number of sulfone groups is 1. The van der Waals surface area contributed by atoms with Crippen LogP contribution >= 0.6 is 0 Å². The molecule has 0 aromatic carbocycles. The van der Waals surface area contributed by atoms with Crippen molar-refractivity contribution in [1.82, 2.24) is 9.29 Å². The van der Waals surface area contributed by atoms with Gasteiger partial charge in [0.15, 0.2) is 14.9 Å². The van der Waals surface area contributed by atoms with Crippen LogP contribution in [0.5, 0.6) is 0 Å². The van der Waals surface area contributed by atoms with Gasteiger partial charge in [-0.25, -0.2) is 26.6 Å². The number of carboxylic acids is 1. The maximum Gasteiger partial charge on any atom is 0.337 e. The van der Waals surface area contributed by atoms with Gasteiger partial charge in [-0.2, -0.15) is 4.31 Å². The van der Waals surface area contributed by atoms with E-state index >= 15 is 0 Å². The summed E-state index contributed by atoms with van der Waals surface area (Å²) in [5.41, 5.74) is -0.122. The molecule has 1 unspecified atom stereocenters. The Kier molecular flexibility index (Phi) is 4.04. The highest BCUT2D eigenvalue weighted by molar-refractivity contribution is 7.92. The van der Waals surface area contributed by atoms with Crippen molar-refractivity contribution in [3.63, 3.8) is 0 Å². The molecule has 8 nitrogen and oxygen atoms in total. The van der Waals surface area contributed by atoms with E-state index in [0.29, 0.717) is 0 Å². The summed E-state index contributed by atoms with van der Waals surface area (Å²) in [6.07, 6.45) is 0.959. The molecular weight excluding hydrogens is 320 g/mol. The minimum atomic E-state index is -3.94. The summed E-state index contributed by atoms with van der Waals surface area (Å²) >= 11 is 0. The molecule has 1 aliphatic heterocycles. The normalized spacial score (nSPS) is 22.8. The highest BCUT2D eigenvalue weighted by Gasteiger charge is 2.37. The molecule has 116 valence electrons. The number of carboxylic acid groups (broad SMARTS) is 1. The molecule has 21 heavy (non-hydrogen) atoms. The van der Waals surface area contributed by atoms with Crippen molar-refractivity contribution in [3.8, 4) is 0 Å². The Morgan fingerprint density at radius 1 is 1.43 bits per heavy atom. The first-order valence-electron chi connectivity index (χ1n) is 6.05. The molecule has 0 radical (unpaired) electrons. The molecule has 2 heterocycles. The van der Waals surface area contributed by atoms with Crippen molar-refractivity contribution in [2.75, 3.05) is 18.1 Å². The Morgan fingerprint density at radius 3 is 2.57 bits per heavy atom. The van der Waals surface area contributed by atoms with E-state index in [1.54, 1.807) is 0 Å². The molecule has 10 heteroatoms. The van der Waals surface area contributed by atoms with Crippen molar-refractivity contribution >= 4 is 25.8 Å². The topological polar surface area (TPSA) is 122 Å². The zero-order valence-corrected chi connectivity index (χ0v) is 12.8. The molecule has 1 saturated heterocycles. The van der Waals surface area contributed by atoms with Gasteiger partial charge in [0.05, 0.1) is 17.1 Å². The fourth-order valence-corrected chi connectivity index (χ4v) is 5.43. The summed E-state index contributed by atoms with van der Waals surface area (Å²) < 4.78 is 48.9. The number of hydrogen-bond acceptors (Lipinski definition) is 6. The number of carbonyl (C=O) groups is 1. The summed E-state index contributed by atoms with van der Waals surface area (Å²) in [7, 11) is -7.17. The smallest absolute Gasteiger partial charge is 0.337 e. The van der Waals surface area contributed by atoms with Gasteiger partial charge >= 0.3 is 5.97 Å². The first kappa shape index (κ1) is 15.9. The van der Waals surface area contributed by atoms with E-state index in [9.17, 15) is 21.6 Å². The molecule has 1 aromatic rings. The average molecular weight is 334 g/mol. The fraction of sp³-hybridized carbons (Fsp3) is 0.455. The lowest BCUT2D eigenvalue weighted by Crippen LogP contribution is -2.49. The SMILES string of the molecule is CC1CS(=O)(=O)CCN1S(=O)(=O)c1ccc(C(=O)O)cn1. The molecule has 1 N–H and O–H groups in total. The molecule has 0 bridgehead atoms. The minimum Gasteiger partial charge on any atom is -0.478 e. The van der Waals surface area contributed by atoms with Crippen molar-refractivity contribution in [2.24, 2.45) is 0 Å². The number of pyridine rings is 1. The quantitative estimate of drug-likeness (QED) is 0.797. The van der Waals surface area contributed by atoms with Crippen LogP contribution in [-0.4, -0.2) is 61.3 Å². The fourth-order valence-electron chi connectivity index (χ4n) is 2.12. The Labute approximate surface area is 122 Å². The summed E-state index contributed by atoms with van der Waals surface area (Å²) in [6.45, 7) is 1.38. The molecule has 1 fully saturated rings.